The van der Waals surface area contributed by atoms with E-state index in [0.717, 1.165) is 24.2 Å². The normalized spacial score (nSPS) is 17.2. The van der Waals surface area contributed by atoms with E-state index < -0.39 is 0 Å². The molecule has 2 N–H and O–H groups in total. The van der Waals surface area contributed by atoms with Gasteiger partial charge in [-0.05, 0) is 29.7 Å². The third-order valence-electron chi connectivity index (χ3n) is 3.75. The van der Waals surface area contributed by atoms with E-state index >= 15 is 0 Å². The van der Waals surface area contributed by atoms with Crippen LogP contribution >= 0.6 is 0 Å². The Hall–Kier alpha value is -1.35. The number of amides is 1. The summed E-state index contributed by atoms with van der Waals surface area (Å²) in [6, 6.07) is 6.71. The molecule has 1 aromatic carbocycles. The van der Waals surface area contributed by atoms with E-state index in [0.29, 0.717) is 18.4 Å². The first-order chi connectivity index (χ1) is 8.65. The van der Waals surface area contributed by atoms with E-state index in [9.17, 15) is 4.79 Å². The molecule has 0 aliphatic carbocycles. The van der Waals surface area contributed by atoms with Gasteiger partial charge in [-0.1, -0.05) is 39.3 Å². The second-order valence-corrected chi connectivity index (χ2v) is 5.06. The smallest absolute Gasteiger partial charge is 0.228 e. The monoisotopic (exact) mass is 246 g/mol. The van der Waals surface area contributed by atoms with Crippen molar-refractivity contribution < 1.29 is 4.79 Å². The van der Waals surface area contributed by atoms with Gasteiger partial charge >= 0.3 is 0 Å². The van der Waals surface area contributed by atoms with E-state index in [2.05, 4.69) is 43.5 Å². The van der Waals surface area contributed by atoms with Crippen molar-refractivity contribution in [3.63, 3.8) is 0 Å². The zero-order valence-electron chi connectivity index (χ0n) is 11.4. The number of carbonyl (C=O) groups is 1. The third-order valence-corrected chi connectivity index (χ3v) is 3.75. The molecule has 0 saturated carbocycles. The molecule has 1 aliphatic heterocycles. The van der Waals surface area contributed by atoms with Gasteiger partial charge in [0.2, 0.25) is 5.91 Å². The Morgan fingerprint density at radius 1 is 1.39 bits per heavy atom. The summed E-state index contributed by atoms with van der Waals surface area (Å²) in [6.45, 7) is 7.58. The van der Waals surface area contributed by atoms with Crippen LogP contribution in [0.15, 0.2) is 18.2 Å². The van der Waals surface area contributed by atoms with Gasteiger partial charge in [0.05, 0.1) is 6.42 Å². The Bertz CT molecular complexity index is 442. The van der Waals surface area contributed by atoms with Gasteiger partial charge in [-0.2, -0.15) is 0 Å². The van der Waals surface area contributed by atoms with Crippen molar-refractivity contribution in [1.29, 1.82) is 0 Å². The van der Waals surface area contributed by atoms with Gasteiger partial charge in [0.25, 0.3) is 0 Å². The van der Waals surface area contributed by atoms with Crippen LogP contribution in [0.5, 0.6) is 0 Å². The van der Waals surface area contributed by atoms with Gasteiger partial charge < -0.3 is 10.6 Å². The highest BCUT2D eigenvalue weighted by atomic mass is 16.1. The largest absolute Gasteiger partial charge is 0.326 e. The quantitative estimate of drug-likeness (QED) is 0.838. The number of nitrogens with one attached hydrogen (secondary N) is 2. The molecule has 1 aromatic rings. The summed E-state index contributed by atoms with van der Waals surface area (Å²) in [5.41, 5.74) is 3.40. The summed E-state index contributed by atoms with van der Waals surface area (Å²) in [7, 11) is 0. The molecule has 3 heteroatoms. The maximum Gasteiger partial charge on any atom is 0.228 e. The third kappa shape index (κ3) is 2.56. The van der Waals surface area contributed by atoms with Gasteiger partial charge in [-0.25, -0.2) is 0 Å². The summed E-state index contributed by atoms with van der Waals surface area (Å²) >= 11 is 0. The molecular formula is C15H22N2O. The lowest BCUT2D eigenvalue weighted by molar-refractivity contribution is -0.115. The number of hydrogen-bond acceptors (Lipinski definition) is 2. The predicted molar refractivity (Wildman–Crippen MR) is 74.6 cm³/mol. The molecule has 0 radical (unpaired) electrons. The van der Waals surface area contributed by atoms with Crippen LogP contribution in [0.3, 0.4) is 0 Å². The lowest BCUT2D eigenvalue weighted by atomic mass is 9.91. The summed E-state index contributed by atoms with van der Waals surface area (Å²) in [6.07, 6.45) is 1.66. The molecule has 0 fully saturated rings. The lowest BCUT2D eigenvalue weighted by Gasteiger charge is -2.24. The minimum atomic E-state index is 0.102. The molecule has 1 amide bonds. The highest BCUT2D eigenvalue weighted by molar-refractivity contribution is 5.99. The van der Waals surface area contributed by atoms with Crippen molar-refractivity contribution in [2.45, 2.75) is 39.7 Å². The highest BCUT2D eigenvalue weighted by Gasteiger charge is 2.21. The van der Waals surface area contributed by atoms with Gasteiger partial charge in [0.1, 0.15) is 0 Å². The SMILES string of the molecule is CCNC(c1ccc2c(c1)CC(=O)N2)C(C)CC. The van der Waals surface area contributed by atoms with Crippen LogP contribution in [-0.4, -0.2) is 12.5 Å². The molecule has 18 heavy (non-hydrogen) atoms. The molecule has 2 atom stereocenters. The predicted octanol–water partition coefficient (Wildman–Crippen LogP) is 2.88. The van der Waals surface area contributed by atoms with E-state index in [1.807, 2.05) is 6.07 Å². The minimum absolute atomic E-state index is 0.102. The summed E-state index contributed by atoms with van der Waals surface area (Å²) in [4.78, 5) is 11.4. The Labute approximate surface area is 109 Å². The van der Waals surface area contributed by atoms with Crippen LogP contribution in [0.25, 0.3) is 0 Å². The number of fused-ring (bicyclic) bond motifs is 1. The highest BCUT2D eigenvalue weighted by Crippen LogP contribution is 2.30. The van der Waals surface area contributed by atoms with Crippen LogP contribution in [0.1, 0.15) is 44.4 Å². The van der Waals surface area contributed by atoms with Crippen molar-refractivity contribution in [1.82, 2.24) is 5.32 Å². The maximum atomic E-state index is 11.4. The Morgan fingerprint density at radius 3 is 2.83 bits per heavy atom. The first-order valence-electron chi connectivity index (χ1n) is 6.81. The van der Waals surface area contributed by atoms with Crippen molar-refractivity contribution in [2.75, 3.05) is 11.9 Å². The van der Waals surface area contributed by atoms with Crippen LogP contribution in [0.2, 0.25) is 0 Å². The van der Waals surface area contributed by atoms with Crippen LogP contribution in [0, 0.1) is 5.92 Å². The standard InChI is InChI=1S/C15H22N2O/c1-4-10(3)15(16-5-2)11-6-7-13-12(8-11)9-14(18)17-13/h6-8,10,15-16H,4-5,9H2,1-3H3,(H,17,18). The fourth-order valence-electron chi connectivity index (χ4n) is 2.55. The molecule has 0 saturated heterocycles. The molecule has 3 nitrogen and oxygen atoms in total. The van der Waals surface area contributed by atoms with E-state index in [1.54, 1.807) is 0 Å². The molecular weight excluding hydrogens is 224 g/mol. The van der Waals surface area contributed by atoms with Gasteiger partial charge in [0.15, 0.2) is 0 Å². The Balaban J connectivity index is 2.26. The maximum absolute atomic E-state index is 11.4. The summed E-state index contributed by atoms with van der Waals surface area (Å²) in [5, 5.41) is 6.43. The average molecular weight is 246 g/mol. The molecule has 2 unspecified atom stereocenters. The minimum Gasteiger partial charge on any atom is -0.326 e. The number of anilines is 1. The average Bonchev–Trinajstić information content (AvgIpc) is 2.74. The number of carbonyl (C=O) groups excluding carboxylic acids is 1. The fourth-order valence-corrected chi connectivity index (χ4v) is 2.55. The molecule has 0 aromatic heterocycles. The topological polar surface area (TPSA) is 41.1 Å². The molecule has 0 bridgehead atoms. The van der Waals surface area contributed by atoms with Crippen molar-refractivity contribution in [2.24, 2.45) is 5.92 Å². The van der Waals surface area contributed by atoms with Crippen LogP contribution < -0.4 is 10.6 Å². The fraction of sp³-hybridized carbons (Fsp3) is 0.533. The van der Waals surface area contributed by atoms with E-state index in [4.69, 9.17) is 0 Å². The number of benzene rings is 1. The number of hydrogen-bond donors (Lipinski definition) is 2. The first-order valence-corrected chi connectivity index (χ1v) is 6.81. The van der Waals surface area contributed by atoms with Gasteiger partial charge in [0, 0.05) is 11.7 Å². The first kappa shape index (κ1) is 13.1. The lowest BCUT2D eigenvalue weighted by Crippen LogP contribution is -2.26. The molecule has 0 spiro atoms. The van der Waals surface area contributed by atoms with Crippen molar-refractivity contribution in [3.05, 3.63) is 29.3 Å². The number of rotatable bonds is 5. The molecule has 98 valence electrons. The van der Waals surface area contributed by atoms with Gasteiger partial charge in [-0.15, -0.1) is 0 Å². The van der Waals surface area contributed by atoms with Gasteiger partial charge in [-0.3, -0.25) is 4.79 Å². The van der Waals surface area contributed by atoms with Crippen molar-refractivity contribution in [3.8, 4) is 0 Å². The second-order valence-electron chi connectivity index (χ2n) is 5.06. The van der Waals surface area contributed by atoms with Crippen LogP contribution in [-0.2, 0) is 11.2 Å². The summed E-state index contributed by atoms with van der Waals surface area (Å²) < 4.78 is 0. The molecule has 2 rings (SSSR count). The zero-order chi connectivity index (χ0) is 13.1. The van der Waals surface area contributed by atoms with E-state index in [-0.39, 0.29) is 5.91 Å². The Morgan fingerprint density at radius 2 is 2.17 bits per heavy atom. The second kappa shape index (κ2) is 5.53. The zero-order valence-corrected chi connectivity index (χ0v) is 11.4. The Kier molecular flexibility index (Phi) is 4.02. The summed E-state index contributed by atoms with van der Waals surface area (Å²) in [5.74, 6) is 0.693. The van der Waals surface area contributed by atoms with Crippen molar-refractivity contribution >= 4 is 11.6 Å². The van der Waals surface area contributed by atoms with Crippen LogP contribution in [0.4, 0.5) is 5.69 Å². The molecule has 1 aliphatic rings. The molecule has 1 heterocycles. The van der Waals surface area contributed by atoms with E-state index in [1.165, 1.54) is 5.56 Å².